The number of nitrogens with two attached hydrogens (primary N) is 1. The fraction of sp³-hybridized carbons (Fsp3) is 0. The minimum absolute atomic E-state index is 0. The first kappa shape index (κ1) is 12.5. The molecule has 6 heteroatoms. The van der Waals surface area contributed by atoms with E-state index in [2.05, 4.69) is 0 Å². The third-order valence-corrected chi connectivity index (χ3v) is 1.57. The second-order valence-electron chi connectivity index (χ2n) is 2.38. The standard InChI is InChI=1S/C8H7NO4.Ni/c9-6-4(7(10)11)2-1-3-5(6)8(12)13;/h1-3H,9H2,(H,10,11)(H,12,13);. The van der Waals surface area contributed by atoms with Gasteiger partial charge in [0.25, 0.3) is 0 Å². The molecule has 0 fully saturated rings. The van der Waals surface area contributed by atoms with Gasteiger partial charge in [-0.25, -0.2) is 9.59 Å². The SMILES string of the molecule is Nc1c(C(=O)O)cccc1C(=O)O.[Ni]. The fourth-order valence-corrected chi connectivity index (χ4v) is 0.938. The van der Waals surface area contributed by atoms with E-state index in [1.54, 1.807) is 0 Å². The van der Waals surface area contributed by atoms with E-state index >= 15 is 0 Å². The molecular formula is C8H7NNiO4. The number of carboxylic acid groups (broad SMARTS) is 2. The minimum atomic E-state index is -1.24. The number of carboxylic acids is 2. The van der Waals surface area contributed by atoms with Crippen LogP contribution < -0.4 is 5.73 Å². The first-order valence-electron chi connectivity index (χ1n) is 3.39. The van der Waals surface area contributed by atoms with Crippen molar-refractivity contribution in [3.8, 4) is 0 Å². The summed E-state index contributed by atoms with van der Waals surface area (Å²) in [4.78, 5) is 21.0. The van der Waals surface area contributed by atoms with Gasteiger partial charge < -0.3 is 15.9 Å². The Hall–Kier alpha value is -1.55. The molecule has 0 unspecified atom stereocenters. The van der Waals surface area contributed by atoms with Crippen LogP contribution in [0.5, 0.6) is 0 Å². The number of carbonyl (C=O) groups is 2. The largest absolute Gasteiger partial charge is 0.478 e. The van der Waals surface area contributed by atoms with Crippen LogP contribution >= 0.6 is 0 Å². The predicted octanol–water partition coefficient (Wildman–Crippen LogP) is 0.663. The number of rotatable bonds is 2. The molecule has 0 aliphatic rings. The Morgan fingerprint density at radius 2 is 1.43 bits per heavy atom. The van der Waals surface area contributed by atoms with Crippen molar-refractivity contribution < 1.29 is 36.3 Å². The molecule has 0 atom stereocenters. The molecule has 0 spiro atoms. The average molecular weight is 240 g/mol. The normalized spacial score (nSPS) is 8.86. The van der Waals surface area contributed by atoms with Gasteiger partial charge in [0.1, 0.15) is 0 Å². The van der Waals surface area contributed by atoms with Gasteiger partial charge in [-0.1, -0.05) is 6.07 Å². The zero-order valence-electron chi connectivity index (χ0n) is 6.84. The summed E-state index contributed by atoms with van der Waals surface area (Å²) in [5.41, 5.74) is 4.71. The van der Waals surface area contributed by atoms with E-state index in [4.69, 9.17) is 15.9 Å². The van der Waals surface area contributed by atoms with Crippen LogP contribution in [0.2, 0.25) is 0 Å². The summed E-state index contributed by atoms with van der Waals surface area (Å²) in [5.74, 6) is -2.47. The van der Waals surface area contributed by atoms with E-state index in [-0.39, 0.29) is 33.3 Å². The quantitative estimate of drug-likeness (QED) is 0.520. The van der Waals surface area contributed by atoms with Crippen LogP contribution in [-0.4, -0.2) is 22.2 Å². The van der Waals surface area contributed by atoms with E-state index in [1.807, 2.05) is 0 Å². The number of para-hydroxylation sites is 1. The van der Waals surface area contributed by atoms with Crippen molar-refractivity contribution in [3.05, 3.63) is 29.3 Å². The van der Waals surface area contributed by atoms with Gasteiger partial charge in [0, 0.05) is 16.5 Å². The number of aromatic carboxylic acids is 2. The monoisotopic (exact) mass is 239 g/mol. The summed E-state index contributed by atoms with van der Waals surface area (Å²) in [7, 11) is 0. The number of hydrogen-bond donors (Lipinski definition) is 3. The zero-order chi connectivity index (χ0) is 10.0. The molecule has 1 aromatic carbocycles. The molecule has 0 saturated carbocycles. The van der Waals surface area contributed by atoms with Crippen LogP contribution in [0.1, 0.15) is 20.7 Å². The van der Waals surface area contributed by atoms with E-state index in [0.717, 1.165) is 0 Å². The fourth-order valence-electron chi connectivity index (χ4n) is 0.938. The molecule has 5 nitrogen and oxygen atoms in total. The van der Waals surface area contributed by atoms with Crippen LogP contribution in [0.4, 0.5) is 5.69 Å². The Labute approximate surface area is 89.5 Å². The Bertz CT molecular complexity index is 345. The Balaban J connectivity index is 0.00000169. The molecule has 0 amide bonds. The number of benzene rings is 1. The maximum Gasteiger partial charge on any atom is 0.337 e. The summed E-state index contributed by atoms with van der Waals surface area (Å²) in [6.07, 6.45) is 0. The molecule has 4 N–H and O–H groups in total. The molecule has 14 heavy (non-hydrogen) atoms. The molecule has 1 rings (SSSR count). The van der Waals surface area contributed by atoms with Crippen molar-refractivity contribution in [1.29, 1.82) is 0 Å². The summed E-state index contributed by atoms with van der Waals surface area (Å²) in [6, 6.07) is 3.84. The summed E-state index contributed by atoms with van der Waals surface area (Å²) >= 11 is 0. The van der Waals surface area contributed by atoms with Gasteiger partial charge in [0.2, 0.25) is 0 Å². The molecule has 0 aromatic heterocycles. The van der Waals surface area contributed by atoms with Gasteiger partial charge in [-0.15, -0.1) is 0 Å². The third kappa shape index (κ3) is 2.23. The molecule has 78 valence electrons. The Kier molecular flexibility index (Phi) is 4.11. The van der Waals surface area contributed by atoms with E-state index in [9.17, 15) is 9.59 Å². The van der Waals surface area contributed by atoms with Crippen molar-refractivity contribution in [2.45, 2.75) is 0 Å². The summed E-state index contributed by atoms with van der Waals surface area (Å²) in [6.45, 7) is 0. The molecule has 0 aliphatic carbocycles. The zero-order valence-corrected chi connectivity index (χ0v) is 7.82. The van der Waals surface area contributed by atoms with Crippen molar-refractivity contribution >= 4 is 17.6 Å². The van der Waals surface area contributed by atoms with Gasteiger partial charge in [-0.05, 0) is 12.1 Å². The van der Waals surface area contributed by atoms with Crippen LogP contribution in [-0.2, 0) is 16.5 Å². The van der Waals surface area contributed by atoms with E-state index in [1.165, 1.54) is 18.2 Å². The van der Waals surface area contributed by atoms with Gasteiger partial charge in [-0.3, -0.25) is 0 Å². The summed E-state index contributed by atoms with van der Waals surface area (Å²) < 4.78 is 0. The van der Waals surface area contributed by atoms with Gasteiger partial charge in [0.15, 0.2) is 0 Å². The van der Waals surface area contributed by atoms with Crippen LogP contribution in [0, 0.1) is 0 Å². The molecule has 1 aromatic rings. The molecule has 0 aliphatic heterocycles. The first-order valence-corrected chi connectivity index (χ1v) is 3.39. The topological polar surface area (TPSA) is 101 Å². The van der Waals surface area contributed by atoms with Crippen molar-refractivity contribution in [1.82, 2.24) is 0 Å². The van der Waals surface area contributed by atoms with Crippen molar-refractivity contribution in [3.63, 3.8) is 0 Å². The number of hydrogen-bond acceptors (Lipinski definition) is 3. The predicted molar refractivity (Wildman–Crippen MR) is 44.8 cm³/mol. The summed E-state index contributed by atoms with van der Waals surface area (Å²) in [5, 5.41) is 17.2. The Morgan fingerprint density at radius 1 is 1.07 bits per heavy atom. The van der Waals surface area contributed by atoms with Crippen molar-refractivity contribution in [2.24, 2.45) is 0 Å². The second kappa shape index (κ2) is 4.62. The van der Waals surface area contributed by atoms with Gasteiger partial charge >= 0.3 is 11.9 Å². The molecule has 0 radical (unpaired) electrons. The first-order chi connectivity index (χ1) is 6.04. The smallest absolute Gasteiger partial charge is 0.337 e. The van der Waals surface area contributed by atoms with Crippen LogP contribution in [0.3, 0.4) is 0 Å². The van der Waals surface area contributed by atoms with Crippen molar-refractivity contribution in [2.75, 3.05) is 5.73 Å². The third-order valence-electron chi connectivity index (χ3n) is 1.57. The maximum atomic E-state index is 10.5. The average Bonchev–Trinajstić information content (AvgIpc) is 2.03. The number of nitrogen functional groups attached to an aromatic ring is 1. The minimum Gasteiger partial charge on any atom is -0.478 e. The Morgan fingerprint density at radius 3 is 1.71 bits per heavy atom. The second-order valence-corrected chi connectivity index (χ2v) is 2.38. The van der Waals surface area contributed by atoms with Crippen LogP contribution in [0.15, 0.2) is 18.2 Å². The number of anilines is 1. The van der Waals surface area contributed by atoms with E-state index < -0.39 is 11.9 Å². The molecule has 0 heterocycles. The molecular weight excluding hydrogens is 233 g/mol. The molecule has 0 saturated heterocycles. The van der Waals surface area contributed by atoms with E-state index in [0.29, 0.717) is 0 Å². The molecule has 0 bridgehead atoms. The van der Waals surface area contributed by atoms with Gasteiger partial charge in [0.05, 0.1) is 16.8 Å². The maximum absolute atomic E-state index is 10.5. The van der Waals surface area contributed by atoms with Crippen LogP contribution in [0.25, 0.3) is 0 Å². The van der Waals surface area contributed by atoms with Gasteiger partial charge in [-0.2, -0.15) is 0 Å².